The number of unbranched alkanes of at least 4 members (excludes halogenated alkanes) is 7. The SMILES string of the molecule is CCCCCCC=CC1C=C(Cl)C(=O)C1=CCCCCCC(=O)OC. The van der Waals surface area contributed by atoms with Crippen molar-refractivity contribution in [2.45, 2.75) is 71.1 Å². The molecule has 3 nitrogen and oxygen atoms in total. The topological polar surface area (TPSA) is 43.4 Å². The van der Waals surface area contributed by atoms with Crippen molar-refractivity contribution < 1.29 is 14.3 Å². The predicted octanol–water partition coefficient (Wildman–Crippen LogP) is 5.88. The summed E-state index contributed by atoms with van der Waals surface area (Å²) in [6, 6.07) is 0. The van der Waals surface area contributed by atoms with Crippen LogP contribution < -0.4 is 0 Å². The summed E-state index contributed by atoms with van der Waals surface area (Å²) >= 11 is 6.03. The normalized spacial score (nSPS) is 19.0. The number of hydrogen-bond donors (Lipinski definition) is 0. The molecule has 0 spiro atoms. The molecule has 0 fully saturated rings. The summed E-state index contributed by atoms with van der Waals surface area (Å²) in [5, 5.41) is 0.331. The molecule has 0 saturated carbocycles. The minimum atomic E-state index is -0.163. The molecule has 0 aromatic rings. The summed E-state index contributed by atoms with van der Waals surface area (Å²) in [6.45, 7) is 2.21. The highest BCUT2D eigenvalue weighted by Crippen LogP contribution is 2.31. The van der Waals surface area contributed by atoms with Gasteiger partial charge in [0.15, 0.2) is 0 Å². The van der Waals surface area contributed by atoms with Gasteiger partial charge in [0.1, 0.15) is 0 Å². The minimum Gasteiger partial charge on any atom is -0.469 e. The lowest BCUT2D eigenvalue weighted by atomic mass is 9.98. The van der Waals surface area contributed by atoms with Crippen LogP contribution in [0.2, 0.25) is 0 Å². The maximum atomic E-state index is 12.2. The highest BCUT2D eigenvalue weighted by Gasteiger charge is 2.26. The summed E-state index contributed by atoms with van der Waals surface area (Å²) in [7, 11) is 1.41. The van der Waals surface area contributed by atoms with Gasteiger partial charge in [-0.2, -0.15) is 0 Å². The van der Waals surface area contributed by atoms with E-state index < -0.39 is 0 Å². The van der Waals surface area contributed by atoms with Crippen LogP contribution in [0.5, 0.6) is 0 Å². The summed E-state index contributed by atoms with van der Waals surface area (Å²) in [5.74, 6) is -0.192. The number of Topliss-reactive ketones (excluding diaryl/α,β-unsaturated/α-hetero) is 1. The van der Waals surface area contributed by atoms with Gasteiger partial charge in [-0.1, -0.05) is 68.5 Å². The van der Waals surface area contributed by atoms with E-state index >= 15 is 0 Å². The van der Waals surface area contributed by atoms with Crippen LogP contribution in [0.3, 0.4) is 0 Å². The van der Waals surface area contributed by atoms with Gasteiger partial charge in [-0.25, -0.2) is 0 Å². The Labute approximate surface area is 157 Å². The first-order valence-electron chi connectivity index (χ1n) is 9.45. The van der Waals surface area contributed by atoms with Crippen LogP contribution in [0.15, 0.2) is 34.9 Å². The Bertz CT molecular complexity index is 517. The largest absolute Gasteiger partial charge is 0.469 e. The first-order chi connectivity index (χ1) is 12.1. The van der Waals surface area contributed by atoms with Crippen molar-refractivity contribution in [3.63, 3.8) is 0 Å². The van der Waals surface area contributed by atoms with Gasteiger partial charge in [-0.15, -0.1) is 0 Å². The zero-order chi connectivity index (χ0) is 18.5. The minimum absolute atomic E-state index is 0.0150. The predicted molar refractivity (Wildman–Crippen MR) is 104 cm³/mol. The monoisotopic (exact) mass is 366 g/mol. The van der Waals surface area contributed by atoms with Crippen molar-refractivity contribution >= 4 is 23.4 Å². The van der Waals surface area contributed by atoms with Gasteiger partial charge >= 0.3 is 5.97 Å². The number of esters is 1. The van der Waals surface area contributed by atoms with Gasteiger partial charge < -0.3 is 4.74 Å². The molecule has 0 radical (unpaired) electrons. The Morgan fingerprint density at radius 1 is 1.16 bits per heavy atom. The molecule has 1 atom stereocenters. The van der Waals surface area contributed by atoms with Crippen molar-refractivity contribution in [3.05, 3.63) is 34.9 Å². The highest BCUT2D eigenvalue weighted by molar-refractivity contribution is 6.46. The summed E-state index contributed by atoms with van der Waals surface area (Å²) in [5.41, 5.74) is 0.794. The third kappa shape index (κ3) is 8.53. The fraction of sp³-hybridized carbons (Fsp3) is 0.619. The maximum absolute atomic E-state index is 12.2. The quantitative estimate of drug-likeness (QED) is 0.187. The molecule has 0 aliphatic heterocycles. The Balaban J connectivity index is 2.39. The number of methoxy groups -OCH3 is 1. The number of halogens is 1. The molecular weight excluding hydrogens is 336 g/mol. The molecule has 25 heavy (non-hydrogen) atoms. The Morgan fingerprint density at radius 2 is 1.88 bits per heavy atom. The van der Waals surface area contributed by atoms with E-state index in [1.807, 2.05) is 12.2 Å². The van der Waals surface area contributed by atoms with E-state index in [1.165, 1.54) is 32.8 Å². The Kier molecular flexibility index (Phi) is 11.2. The third-order valence-electron chi connectivity index (χ3n) is 4.41. The van der Waals surface area contributed by atoms with Gasteiger partial charge in [0.2, 0.25) is 5.78 Å². The first kappa shape index (κ1) is 21.7. The zero-order valence-electron chi connectivity index (χ0n) is 15.6. The Morgan fingerprint density at radius 3 is 2.60 bits per heavy atom. The molecule has 0 aromatic carbocycles. The fourth-order valence-corrected chi connectivity index (χ4v) is 3.13. The number of ketones is 1. The zero-order valence-corrected chi connectivity index (χ0v) is 16.3. The van der Waals surface area contributed by atoms with E-state index in [0.717, 1.165) is 37.7 Å². The van der Waals surface area contributed by atoms with Crippen LogP contribution >= 0.6 is 11.6 Å². The molecule has 1 aliphatic rings. The summed E-state index contributed by atoms with van der Waals surface area (Å²) in [6.07, 6.45) is 18.2. The average Bonchev–Trinajstić information content (AvgIpc) is 2.88. The van der Waals surface area contributed by atoms with Crippen molar-refractivity contribution in [3.8, 4) is 0 Å². The maximum Gasteiger partial charge on any atom is 0.305 e. The van der Waals surface area contributed by atoms with Gasteiger partial charge in [0, 0.05) is 17.9 Å². The van der Waals surface area contributed by atoms with Gasteiger partial charge in [-0.3, -0.25) is 9.59 Å². The van der Waals surface area contributed by atoms with E-state index in [9.17, 15) is 9.59 Å². The second kappa shape index (κ2) is 12.9. The van der Waals surface area contributed by atoms with Crippen LogP contribution in [0.1, 0.15) is 71.1 Å². The molecular formula is C21H31ClO3. The molecule has 0 heterocycles. The number of allylic oxidation sites excluding steroid dienone is 6. The average molecular weight is 367 g/mol. The molecule has 0 aromatic heterocycles. The van der Waals surface area contributed by atoms with Crippen molar-refractivity contribution in [1.82, 2.24) is 0 Å². The van der Waals surface area contributed by atoms with Crippen molar-refractivity contribution in [2.24, 2.45) is 5.92 Å². The Hall–Kier alpha value is -1.35. The number of carbonyl (C=O) groups excluding carboxylic acids is 2. The van der Waals surface area contributed by atoms with Crippen molar-refractivity contribution in [2.75, 3.05) is 7.11 Å². The van der Waals surface area contributed by atoms with Crippen LogP contribution in [0.4, 0.5) is 0 Å². The van der Waals surface area contributed by atoms with E-state index in [0.29, 0.717) is 11.5 Å². The summed E-state index contributed by atoms with van der Waals surface area (Å²) in [4.78, 5) is 23.2. The van der Waals surface area contributed by atoms with Gasteiger partial charge in [-0.05, 0) is 32.1 Å². The lowest BCUT2D eigenvalue weighted by Crippen LogP contribution is -2.02. The molecule has 1 rings (SSSR count). The summed E-state index contributed by atoms with van der Waals surface area (Å²) < 4.78 is 4.62. The molecule has 0 amide bonds. The third-order valence-corrected chi connectivity index (χ3v) is 4.71. The van der Waals surface area contributed by atoms with E-state index in [1.54, 1.807) is 0 Å². The highest BCUT2D eigenvalue weighted by atomic mass is 35.5. The van der Waals surface area contributed by atoms with Gasteiger partial charge in [0.05, 0.1) is 12.1 Å². The second-order valence-electron chi connectivity index (χ2n) is 6.48. The molecule has 0 saturated heterocycles. The number of rotatable bonds is 12. The smallest absolute Gasteiger partial charge is 0.305 e. The van der Waals surface area contributed by atoms with Crippen LogP contribution in [0, 0.1) is 5.92 Å². The fourth-order valence-electron chi connectivity index (χ4n) is 2.88. The first-order valence-corrected chi connectivity index (χ1v) is 9.83. The molecule has 4 heteroatoms. The standard InChI is InChI=1S/C21H31ClO3/c1-3-4-5-6-7-10-13-17-16-19(22)21(24)18(17)14-11-8-9-12-15-20(23)25-2/h10,13-14,16-17H,3-9,11-12,15H2,1-2H3. The van der Waals surface area contributed by atoms with E-state index in [-0.39, 0.29) is 17.7 Å². The number of ether oxygens (including phenoxy) is 1. The molecule has 1 unspecified atom stereocenters. The van der Waals surface area contributed by atoms with Crippen LogP contribution in [0.25, 0.3) is 0 Å². The molecule has 1 aliphatic carbocycles. The lowest BCUT2D eigenvalue weighted by molar-refractivity contribution is -0.140. The molecule has 0 N–H and O–H groups in total. The van der Waals surface area contributed by atoms with Crippen LogP contribution in [-0.2, 0) is 14.3 Å². The second-order valence-corrected chi connectivity index (χ2v) is 6.89. The molecule has 140 valence electrons. The number of carbonyl (C=O) groups is 2. The van der Waals surface area contributed by atoms with E-state index in [4.69, 9.17) is 11.6 Å². The van der Waals surface area contributed by atoms with Crippen molar-refractivity contribution in [1.29, 1.82) is 0 Å². The molecule has 0 bridgehead atoms. The number of hydrogen-bond acceptors (Lipinski definition) is 3. The lowest BCUT2D eigenvalue weighted by Gasteiger charge is -2.05. The van der Waals surface area contributed by atoms with E-state index in [2.05, 4.69) is 23.8 Å². The van der Waals surface area contributed by atoms with Crippen LogP contribution in [-0.4, -0.2) is 18.9 Å². The van der Waals surface area contributed by atoms with Gasteiger partial charge in [0.25, 0.3) is 0 Å².